The van der Waals surface area contributed by atoms with Gasteiger partial charge in [0.15, 0.2) is 0 Å². The highest BCUT2D eigenvalue weighted by Crippen LogP contribution is 2.27. The molecule has 0 aliphatic rings. The zero-order chi connectivity index (χ0) is 28.9. The first-order chi connectivity index (χ1) is 20.5. The molecule has 0 spiro atoms. The number of aromatic nitrogens is 2. The van der Waals surface area contributed by atoms with Gasteiger partial charge in [-0.05, 0) is 60.0 Å². The van der Waals surface area contributed by atoms with Gasteiger partial charge in [0.2, 0.25) is 0 Å². The summed E-state index contributed by atoms with van der Waals surface area (Å²) in [5.74, 6) is -0.460. The average Bonchev–Trinajstić information content (AvgIpc) is 3.04. The molecule has 4 aromatic carbocycles. The van der Waals surface area contributed by atoms with Gasteiger partial charge < -0.3 is 10.6 Å². The quantitative estimate of drug-likeness (QED) is 0.218. The predicted octanol–water partition coefficient (Wildman–Crippen LogP) is 7.38. The molecule has 6 rings (SSSR count). The van der Waals surface area contributed by atoms with Crippen molar-refractivity contribution in [1.29, 1.82) is 0 Å². The minimum atomic E-state index is -0.407. The Labute approximate surface area is 244 Å². The standard InChI is InChI=1S/C36H28N4O2/c1-24-10-9-13-26(20-24)30-14-5-6-15-31(30)36(42)39-29-18-17-27-21-28(23-38-33(27)22-29)35(41)40-34(25-11-3-2-4-12-25)32-16-7-8-19-37-32/h2-23,34H,1H3,(H,39,42)(H,40,41). The second-order valence-corrected chi connectivity index (χ2v) is 10.1. The van der Waals surface area contributed by atoms with Crippen LogP contribution in [0, 0.1) is 6.92 Å². The van der Waals surface area contributed by atoms with Crippen LogP contribution >= 0.6 is 0 Å². The van der Waals surface area contributed by atoms with Crippen LogP contribution in [0.15, 0.2) is 134 Å². The lowest BCUT2D eigenvalue weighted by atomic mass is 9.98. The summed E-state index contributed by atoms with van der Waals surface area (Å²) in [5, 5.41) is 6.91. The summed E-state index contributed by atoms with van der Waals surface area (Å²) in [6, 6.07) is 37.9. The fourth-order valence-corrected chi connectivity index (χ4v) is 5.00. The zero-order valence-corrected chi connectivity index (χ0v) is 23.0. The van der Waals surface area contributed by atoms with E-state index in [4.69, 9.17) is 0 Å². The van der Waals surface area contributed by atoms with Crippen molar-refractivity contribution in [2.24, 2.45) is 0 Å². The summed E-state index contributed by atoms with van der Waals surface area (Å²) in [6.07, 6.45) is 3.27. The third-order valence-corrected chi connectivity index (χ3v) is 7.10. The van der Waals surface area contributed by atoms with Gasteiger partial charge in [-0.15, -0.1) is 0 Å². The average molecular weight is 549 g/mol. The summed E-state index contributed by atoms with van der Waals surface area (Å²) >= 11 is 0. The van der Waals surface area contributed by atoms with E-state index in [1.165, 1.54) is 0 Å². The van der Waals surface area contributed by atoms with Gasteiger partial charge in [0.05, 0.1) is 22.8 Å². The molecule has 6 nitrogen and oxygen atoms in total. The molecule has 0 aliphatic carbocycles. The monoisotopic (exact) mass is 548 g/mol. The van der Waals surface area contributed by atoms with E-state index in [9.17, 15) is 9.59 Å². The highest BCUT2D eigenvalue weighted by atomic mass is 16.2. The van der Waals surface area contributed by atoms with Crippen molar-refractivity contribution in [3.8, 4) is 11.1 Å². The van der Waals surface area contributed by atoms with Crippen molar-refractivity contribution in [2.75, 3.05) is 5.32 Å². The van der Waals surface area contributed by atoms with E-state index in [-0.39, 0.29) is 11.8 Å². The number of rotatable bonds is 7. The SMILES string of the molecule is Cc1cccc(-c2ccccc2C(=O)Nc2ccc3cc(C(=O)NC(c4ccccc4)c4ccccn4)cnc3c2)c1. The Kier molecular flexibility index (Phi) is 7.51. The number of hydrogen-bond acceptors (Lipinski definition) is 4. The maximum Gasteiger partial charge on any atom is 0.256 e. The van der Waals surface area contributed by atoms with Crippen LogP contribution in [0.5, 0.6) is 0 Å². The Balaban J connectivity index is 1.22. The maximum atomic E-state index is 13.3. The van der Waals surface area contributed by atoms with Crippen LogP contribution in [0.4, 0.5) is 5.69 Å². The Morgan fingerprint density at radius 1 is 0.714 bits per heavy atom. The van der Waals surface area contributed by atoms with Crippen LogP contribution in [0.2, 0.25) is 0 Å². The molecule has 6 heteroatoms. The van der Waals surface area contributed by atoms with Gasteiger partial charge in [-0.3, -0.25) is 19.6 Å². The summed E-state index contributed by atoms with van der Waals surface area (Å²) in [4.78, 5) is 35.7. The minimum Gasteiger partial charge on any atom is -0.339 e. The van der Waals surface area contributed by atoms with Gasteiger partial charge in [-0.25, -0.2) is 0 Å². The number of pyridine rings is 2. The fourth-order valence-electron chi connectivity index (χ4n) is 5.00. The van der Waals surface area contributed by atoms with Crippen molar-refractivity contribution in [2.45, 2.75) is 13.0 Å². The van der Waals surface area contributed by atoms with Gasteiger partial charge in [-0.1, -0.05) is 90.5 Å². The number of amides is 2. The summed E-state index contributed by atoms with van der Waals surface area (Å²) in [6.45, 7) is 2.03. The minimum absolute atomic E-state index is 0.205. The number of fused-ring (bicyclic) bond motifs is 1. The van der Waals surface area contributed by atoms with Crippen molar-refractivity contribution in [3.05, 3.63) is 162 Å². The number of aryl methyl sites for hydroxylation is 1. The molecule has 1 unspecified atom stereocenters. The number of hydrogen-bond donors (Lipinski definition) is 2. The Morgan fingerprint density at radius 3 is 2.33 bits per heavy atom. The molecule has 0 radical (unpaired) electrons. The Morgan fingerprint density at radius 2 is 1.52 bits per heavy atom. The normalized spacial score (nSPS) is 11.5. The summed E-state index contributed by atoms with van der Waals surface area (Å²) in [7, 11) is 0. The first kappa shape index (κ1) is 26.6. The molecule has 204 valence electrons. The molecule has 0 bridgehead atoms. The number of anilines is 1. The molecule has 0 saturated carbocycles. The molecule has 0 fully saturated rings. The van der Waals surface area contributed by atoms with E-state index >= 15 is 0 Å². The van der Waals surface area contributed by atoms with Gasteiger partial charge in [0, 0.05) is 29.0 Å². The second kappa shape index (κ2) is 11.9. The van der Waals surface area contributed by atoms with Crippen LogP contribution in [0.25, 0.3) is 22.0 Å². The van der Waals surface area contributed by atoms with Gasteiger partial charge in [0.1, 0.15) is 0 Å². The van der Waals surface area contributed by atoms with Gasteiger partial charge in [0.25, 0.3) is 11.8 Å². The molecular formula is C36H28N4O2. The molecule has 0 aliphatic heterocycles. The van der Waals surface area contributed by atoms with E-state index in [2.05, 4.69) is 26.7 Å². The van der Waals surface area contributed by atoms with Crippen LogP contribution in [0.1, 0.15) is 43.6 Å². The van der Waals surface area contributed by atoms with Crippen molar-refractivity contribution >= 4 is 28.4 Å². The number of carbonyl (C=O) groups is 2. The predicted molar refractivity (Wildman–Crippen MR) is 166 cm³/mol. The van der Waals surface area contributed by atoms with Crippen molar-refractivity contribution in [3.63, 3.8) is 0 Å². The summed E-state index contributed by atoms with van der Waals surface area (Å²) < 4.78 is 0. The largest absolute Gasteiger partial charge is 0.339 e. The molecule has 2 heterocycles. The first-order valence-electron chi connectivity index (χ1n) is 13.7. The maximum absolute atomic E-state index is 13.3. The lowest BCUT2D eigenvalue weighted by molar-refractivity contribution is 0.0941. The molecule has 42 heavy (non-hydrogen) atoms. The zero-order valence-electron chi connectivity index (χ0n) is 23.0. The molecule has 2 aromatic heterocycles. The molecule has 0 saturated heterocycles. The third kappa shape index (κ3) is 5.78. The summed E-state index contributed by atoms with van der Waals surface area (Å²) in [5.41, 5.74) is 6.97. The highest BCUT2D eigenvalue weighted by Gasteiger charge is 2.19. The van der Waals surface area contributed by atoms with E-state index < -0.39 is 6.04 Å². The molecule has 2 N–H and O–H groups in total. The van der Waals surface area contributed by atoms with E-state index in [0.717, 1.165) is 33.3 Å². The van der Waals surface area contributed by atoms with Crippen LogP contribution in [0.3, 0.4) is 0 Å². The lowest BCUT2D eigenvalue weighted by Gasteiger charge is -2.19. The van der Waals surface area contributed by atoms with E-state index in [1.54, 1.807) is 18.5 Å². The second-order valence-electron chi connectivity index (χ2n) is 10.1. The molecular weight excluding hydrogens is 520 g/mol. The first-order valence-corrected chi connectivity index (χ1v) is 13.7. The van der Waals surface area contributed by atoms with Crippen LogP contribution in [-0.2, 0) is 0 Å². The fraction of sp³-hybridized carbons (Fsp3) is 0.0556. The van der Waals surface area contributed by atoms with E-state index in [1.807, 2.05) is 116 Å². The number of nitrogens with zero attached hydrogens (tertiary/aromatic N) is 2. The molecule has 6 aromatic rings. The third-order valence-electron chi connectivity index (χ3n) is 7.10. The molecule has 1 atom stereocenters. The number of nitrogens with one attached hydrogen (secondary N) is 2. The topological polar surface area (TPSA) is 84.0 Å². The Hall–Kier alpha value is -5.62. The van der Waals surface area contributed by atoms with Gasteiger partial charge in [-0.2, -0.15) is 0 Å². The van der Waals surface area contributed by atoms with Crippen LogP contribution < -0.4 is 10.6 Å². The Bertz CT molecular complexity index is 1850. The van der Waals surface area contributed by atoms with E-state index in [0.29, 0.717) is 22.3 Å². The number of benzene rings is 4. The highest BCUT2D eigenvalue weighted by molar-refractivity contribution is 6.09. The van der Waals surface area contributed by atoms with Crippen molar-refractivity contribution < 1.29 is 9.59 Å². The molecule has 2 amide bonds. The smallest absolute Gasteiger partial charge is 0.256 e. The number of carbonyl (C=O) groups excluding carboxylic acids is 2. The van der Waals surface area contributed by atoms with Gasteiger partial charge >= 0.3 is 0 Å². The van der Waals surface area contributed by atoms with Crippen LogP contribution in [-0.4, -0.2) is 21.8 Å². The van der Waals surface area contributed by atoms with Crippen molar-refractivity contribution in [1.82, 2.24) is 15.3 Å². The lowest BCUT2D eigenvalue weighted by Crippen LogP contribution is -2.30.